The third kappa shape index (κ3) is 1.96. The zero-order valence-electron chi connectivity index (χ0n) is 8.33. The van der Waals surface area contributed by atoms with E-state index >= 15 is 0 Å². The van der Waals surface area contributed by atoms with E-state index in [2.05, 4.69) is 5.32 Å². The topological polar surface area (TPSA) is 52.5 Å². The molecule has 1 aromatic carbocycles. The second-order valence-corrected chi connectivity index (χ2v) is 3.94. The molecule has 3 nitrogen and oxygen atoms in total. The Morgan fingerprint density at radius 1 is 1.27 bits per heavy atom. The lowest BCUT2D eigenvalue weighted by Crippen LogP contribution is -2.39. The molecule has 0 radical (unpaired) electrons. The van der Waals surface area contributed by atoms with E-state index in [-0.39, 0.29) is 5.75 Å². The van der Waals surface area contributed by atoms with Gasteiger partial charge in [-0.2, -0.15) is 0 Å². The van der Waals surface area contributed by atoms with Crippen molar-refractivity contribution in [3.05, 3.63) is 29.6 Å². The molecule has 1 fully saturated rings. The monoisotopic (exact) mass is 211 g/mol. The van der Waals surface area contributed by atoms with E-state index in [1.807, 2.05) is 0 Å². The Hall–Kier alpha value is -1.13. The van der Waals surface area contributed by atoms with Gasteiger partial charge in [-0.15, -0.1) is 0 Å². The van der Waals surface area contributed by atoms with Gasteiger partial charge >= 0.3 is 0 Å². The van der Waals surface area contributed by atoms with Gasteiger partial charge < -0.3 is 15.5 Å². The highest BCUT2D eigenvalue weighted by molar-refractivity contribution is 5.37. The normalized spacial score (nSPS) is 20.1. The zero-order valence-corrected chi connectivity index (χ0v) is 8.33. The number of nitrogens with one attached hydrogen (secondary N) is 1. The predicted octanol–water partition coefficient (Wildman–Crippen LogP) is 1.10. The summed E-state index contributed by atoms with van der Waals surface area (Å²) in [6.45, 7) is 1.40. The first kappa shape index (κ1) is 10.4. The summed E-state index contributed by atoms with van der Waals surface area (Å²) >= 11 is 0. The van der Waals surface area contributed by atoms with Crippen molar-refractivity contribution in [1.29, 1.82) is 0 Å². The Labute approximate surface area is 87.6 Å². The molecular weight excluding hydrogens is 197 g/mol. The molecular formula is C11H14FNO2. The largest absolute Gasteiger partial charge is 0.507 e. The third-order valence-corrected chi connectivity index (χ3v) is 2.89. The Balaban J connectivity index is 2.35. The Bertz CT molecular complexity index is 362. The number of rotatable bonds is 1. The van der Waals surface area contributed by atoms with Gasteiger partial charge in [0.2, 0.25) is 0 Å². The fourth-order valence-corrected chi connectivity index (χ4v) is 2.01. The molecule has 1 aliphatic rings. The van der Waals surface area contributed by atoms with Crippen molar-refractivity contribution in [2.45, 2.75) is 18.4 Å². The molecule has 0 amide bonds. The Kier molecular flexibility index (Phi) is 2.63. The molecule has 1 saturated heterocycles. The minimum absolute atomic E-state index is 0.167. The summed E-state index contributed by atoms with van der Waals surface area (Å²) in [7, 11) is 0. The van der Waals surface area contributed by atoms with Crippen LogP contribution in [0, 0.1) is 5.82 Å². The van der Waals surface area contributed by atoms with Crippen LogP contribution < -0.4 is 5.32 Å². The SMILES string of the molecule is Oc1cc(F)ccc1C1(O)CCNCC1. The lowest BCUT2D eigenvalue weighted by Gasteiger charge is -2.33. The third-order valence-electron chi connectivity index (χ3n) is 2.89. The average molecular weight is 211 g/mol. The number of benzene rings is 1. The molecule has 1 aromatic rings. The summed E-state index contributed by atoms with van der Waals surface area (Å²) in [5.41, 5.74) is -0.603. The van der Waals surface area contributed by atoms with Crippen molar-refractivity contribution in [3.8, 4) is 5.75 Å². The van der Waals surface area contributed by atoms with E-state index in [0.29, 0.717) is 31.5 Å². The molecule has 0 aromatic heterocycles. The quantitative estimate of drug-likeness (QED) is 0.652. The Morgan fingerprint density at radius 2 is 1.93 bits per heavy atom. The summed E-state index contributed by atoms with van der Waals surface area (Å²) in [6.07, 6.45) is 1.07. The number of phenolic OH excluding ortho intramolecular Hbond substituents is 1. The minimum atomic E-state index is -1.02. The van der Waals surface area contributed by atoms with Crippen LogP contribution in [0.15, 0.2) is 18.2 Å². The maximum Gasteiger partial charge on any atom is 0.126 e. The van der Waals surface area contributed by atoms with Crippen LogP contribution in [0.4, 0.5) is 4.39 Å². The van der Waals surface area contributed by atoms with Crippen molar-refractivity contribution in [1.82, 2.24) is 5.32 Å². The van der Waals surface area contributed by atoms with Gasteiger partial charge in [-0.3, -0.25) is 0 Å². The molecule has 3 N–H and O–H groups in total. The number of aromatic hydroxyl groups is 1. The van der Waals surface area contributed by atoms with Crippen molar-refractivity contribution >= 4 is 0 Å². The van der Waals surface area contributed by atoms with Gasteiger partial charge in [-0.1, -0.05) is 0 Å². The summed E-state index contributed by atoms with van der Waals surface area (Å²) in [5.74, 6) is -0.659. The number of aliphatic hydroxyl groups is 1. The number of piperidine rings is 1. The van der Waals surface area contributed by atoms with Gasteiger partial charge in [0.15, 0.2) is 0 Å². The van der Waals surface area contributed by atoms with Crippen LogP contribution in [-0.2, 0) is 5.60 Å². The van der Waals surface area contributed by atoms with Crippen molar-refractivity contribution in [3.63, 3.8) is 0 Å². The molecule has 82 valence electrons. The van der Waals surface area contributed by atoms with Crippen LogP contribution >= 0.6 is 0 Å². The van der Waals surface area contributed by atoms with E-state index in [4.69, 9.17) is 0 Å². The molecule has 0 atom stereocenters. The highest BCUT2D eigenvalue weighted by Crippen LogP contribution is 2.36. The molecule has 1 heterocycles. The maximum absolute atomic E-state index is 12.8. The first-order valence-electron chi connectivity index (χ1n) is 5.04. The minimum Gasteiger partial charge on any atom is -0.507 e. The maximum atomic E-state index is 12.8. The Morgan fingerprint density at radius 3 is 2.53 bits per heavy atom. The van der Waals surface area contributed by atoms with Gasteiger partial charge in [-0.05, 0) is 38.1 Å². The predicted molar refractivity (Wildman–Crippen MR) is 54.1 cm³/mol. The van der Waals surface area contributed by atoms with Crippen LogP contribution in [0.2, 0.25) is 0 Å². The fourth-order valence-electron chi connectivity index (χ4n) is 2.01. The molecule has 0 unspecified atom stereocenters. The van der Waals surface area contributed by atoms with Gasteiger partial charge in [0.1, 0.15) is 11.6 Å². The van der Waals surface area contributed by atoms with Crippen LogP contribution in [-0.4, -0.2) is 23.3 Å². The smallest absolute Gasteiger partial charge is 0.126 e. The first-order valence-corrected chi connectivity index (χ1v) is 5.04. The number of hydrogen-bond acceptors (Lipinski definition) is 3. The molecule has 4 heteroatoms. The van der Waals surface area contributed by atoms with E-state index in [9.17, 15) is 14.6 Å². The second kappa shape index (κ2) is 3.79. The highest BCUT2D eigenvalue weighted by Gasteiger charge is 2.33. The molecule has 0 spiro atoms. The molecule has 15 heavy (non-hydrogen) atoms. The summed E-state index contributed by atoms with van der Waals surface area (Å²) in [4.78, 5) is 0. The summed E-state index contributed by atoms with van der Waals surface area (Å²) in [6, 6.07) is 3.75. The number of hydrogen-bond donors (Lipinski definition) is 3. The van der Waals surface area contributed by atoms with E-state index < -0.39 is 11.4 Å². The summed E-state index contributed by atoms with van der Waals surface area (Å²) < 4.78 is 12.8. The van der Waals surface area contributed by atoms with Crippen LogP contribution in [0.3, 0.4) is 0 Å². The fraction of sp³-hybridized carbons (Fsp3) is 0.455. The van der Waals surface area contributed by atoms with Crippen LogP contribution in [0.25, 0.3) is 0 Å². The molecule has 2 rings (SSSR count). The summed E-state index contributed by atoms with van der Waals surface area (Å²) in [5, 5.41) is 23.0. The second-order valence-electron chi connectivity index (χ2n) is 3.94. The van der Waals surface area contributed by atoms with E-state index in [0.717, 1.165) is 6.07 Å². The van der Waals surface area contributed by atoms with Crippen molar-refractivity contribution in [2.75, 3.05) is 13.1 Å². The molecule has 0 saturated carbocycles. The van der Waals surface area contributed by atoms with Crippen LogP contribution in [0.1, 0.15) is 18.4 Å². The van der Waals surface area contributed by atoms with Crippen LogP contribution in [0.5, 0.6) is 5.75 Å². The zero-order chi connectivity index (χ0) is 10.9. The number of halogens is 1. The highest BCUT2D eigenvalue weighted by atomic mass is 19.1. The van der Waals surface area contributed by atoms with E-state index in [1.165, 1.54) is 12.1 Å². The van der Waals surface area contributed by atoms with Crippen molar-refractivity contribution < 1.29 is 14.6 Å². The van der Waals surface area contributed by atoms with Gasteiger partial charge in [-0.25, -0.2) is 4.39 Å². The molecule has 0 bridgehead atoms. The van der Waals surface area contributed by atoms with Gasteiger partial charge in [0, 0.05) is 11.6 Å². The van der Waals surface area contributed by atoms with Crippen molar-refractivity contribution in [2.24, 2.45) is 0 Å². The lowest BCUT2D eigenvalue weighted by molar-refractivity contribution is 0.00392. The standard InChI is InChI=1S/C11H14FNO2/c12-8-1-2-9(10(14)7-8)11(15)3-5-13-6-4-11/h1-2,7,13-15H,3-6H2. The lowest BCUT2D eigenvalue weighted by atomic mass is 9.84. The average Bonchev–Trinajstić information content (AvgIpc) is 2.18. The van der Waals surface area contributed by atoms with Gasteiger partial charge in [0.25, 0.3) is 0 Å². The van der Waals surface area contributed by atoms with Gasteiger partial charge in [0.05, 0.1) is 5.60 Å². The first-order chi connectivity index (χ1) is 7.12. The molecule has 0 aliphatic carbocycles. The van der Waals surface area contributed by atoms with E-state index in [1.54, 1.807) is 0 Å². The molecule has 1 aliphatic heterocycles. The number of phenols is 1.